The molecule has 106 valence electrons. The van der Waals surface area contributed by atoms with E-state index in [-0.39, 0.29) is 23.6 Å². The van der Waals surface area contributed by atoms with Crippen molar-refractivity contribution in [2.45, 2.75) is 13.2 Å². The third-order valence-corrected chi connectivity index (χ3v) is 2.52. The van der Waals surface area contributed by atoms with Crippen LogP contribution in [-0.2, 0) is 6.54 Å². The van der Waals surface area contributed by atoms with Gasteiger partial charge in [-0.1, -0.05) is 12.1 Å². The van der Waals surface area contributed by atoms with E-state index >= 15 is 0 Å². The Morgan fingerprint density at radius 1 is 1.35 bits per heavy atom. The standard InChI is InChI=1S/C13H11F2NO4/c14-13(15)20-10-4-2-1-3-9(10)16-7-11-8(12(17)18)5-6-19-11/h1-6,13,16H,7H2,(H,17,18). The van der Waals surface area contributed by atoms with E-state index in [9.17, 15) is 13.6 Å². The molecule has 2 rings (SSSR count). The van der Waals surface area contributed by atoms with Crippen LogP contribution < -0.4 is 10.1 Å². The number of para-hydroxylation sites is 2. The van der Waals surface area contributed by atoms with Crippen molar-refractivity contribution in [3.63, 3.8) is 0 Å². The van der Waals surface area contributed by atoms with E-state index in [0.717, 1.165) is 0 Å². The molecule has 1 aromatic carbocycles. The van der Waals surface area contributed by atoms with E-state index < -0.39 is 12.6 Å². The summed E-state index contributed by atoms with van der Waals surface area (Å²) in [5, 5.41) is 11.7. The first-order chi connectivity index (χ1) is 9.58. The van der Waals surface area contributed by atoms with Gasteiger partial charge in [-0.3, -0.25) is 0 Å². The first kappa shape index (κ1) is 13.9. The van der Waals surface area contributed by atoms with Crippen molar-refractivity contribution < 1.29 is 27.8 Å². The molecule has 0 bridgehead atoms. The topological polar surface area (TPSA) is 71.7 Å². The minimum atomic E-state index is -2.93. The van der Waals surface area contributed by atoms with E-state index in [0.29, 0.717) is 5.69 Å². The van der Waals surface area contributed by atoms with Crippen LogP contribution in [0.2, 0.25) is 0 Å². The van der Waals surface area contributed by atoms with Crippen LogP contribution in [0.15, 0.2) is 41.0 Å². The van der Waals surface area contributed by atoms with Crippen LogP contribution in [0, 0.1) is 0 Å². The Bertz CT molecular complexity index is 598. The fourth-order valence-corrected chi connectivity index (χ4v) is 1.66. The largest absolute Gasteiger partial charge is 0.478 e. The van der Waals surface area contributed by atoms with Gasteiger partial charge in [-0.25, -0.2) is 4.79 Å². The fourth-order valence-electron chi connectivity index (χ4n) is 1.66. The fraction of sp³-hybridized carbons (Fsp3) is 0.154. The highest BCUT2D eigenvalue weighted by atomic mass is 19.3. The van der Waals surface area contributed by atoms with Crippen LogP contribution in [0.1, 0.15) is 16.1 Å². The monoisotopic (exact) mass is 283 g/mol. The molecule has 0 aliphatic heterocycles. The molecule has 1 aromatic heterocycles. The summed E-state index contributed by atoms with van der Waals surface area (Å²) in [4.78, 5) is 10.9. The van der Waals surface area contributed by atoms with Gasteiger partial charge in [-0.05, 0) is 18.2 Å². The number of rotatable bonds is 6. The summed E-state index contributed by atoms with van der Waals surface area (Å²) < 4.78 is 33.9. The molecular formula is C13H11F2NO4. The molecule has 20 heavy (non-hydrogen) atoms. The predicted molar refractivity (Wildman–Crippen MR) is 66.1 cm³/mol. The normalized spacial score (nSPS) is 10.6. The van der Waals surface area contributed by atoms with Gasteiger partial charge >= 0.3 is 12.6 Å². The van der Waals surface area contributed by atoms with Gasteiger partial charge in [0.25, 0.3) is 0 Å². The summed E-state index contributed by atoms with van der Waals surface area (Å²) in [5.41, 5.74) is 0.338. The van der Waals surface area contributed by atoms with Crippen LogP contribution in [0.5, 0.6) is 5.75 Å². The molecule has 0 aliphatic rings. The number of benzene rings is 1. The highest BCUT2D eigenvalue weighted by Crippen LogP contribution is 2.26. The van der Waals surface area contributed by atoms with Gasteiger partial charge in [0.1, 0.15) is 17.1 Å². The number of nitrogens with one attached hydrogen (secondary N) is 1. The maximum absolute atomic E-state index is 12.2. The zero-order valence-corrected chi connectivity index (χ0v) is 10.2. The molecule has 0 atom stereocenters. The third kappa shape index (κ3) is 3.25. The summed E-state index contributed by atoms with van der Waals surface area (Å²) in [6.07, 6.45) is 1.25. The first-order valence-electron chi connectivity index (χ1n) is 5.65. The maximum Gasteiger partial charge on any atom is 0.387 e. The molecule has 0 saturated carbocycles. The minimum absolute atomic E-state index is 0.0183. The SMILES string of the molecule is O=C(O)c1ccoc1CNc1ccccc1OC(F)F. The highest BCUT2D eigenvalue weighted by molar-refractivity contribution is 5.88. The Labute approximate surface area is 112 Å². The van der Waals surface area contributed by atoms with Gasteiger partial charge in [-0.2, -0.15) is 8.78 Å². The number of aromatic carboxylic acids is 1. The van der Waals surface area contributed by atoms with Crippen LogP contribution in [-0.4, -0.2) is 17.7 Å². The molecule has 0 spiro atoms. The molecule has 0 radical (unpaired) electrons. The average Bonchev–Trinajstić information content (AvgIpc) is 2.85. The van der Waals surface area contributed by atoms with Crippen molar-refractivity contribution in [3.8, 4) is 5.75 Å². The molecular weight excluding hydrogens is 272 g/mol. The van der Waals surface area contributed by atoms with Crippen molar-refractivity contribution in [3.05, 3.63) is 47.9 Å². The number of carboxylic acids is 1. The van der Waals surface area contributed by atoms with Crippen molar-refractivity contribution in [2.24, 2.45) is 0 Å². The molecule has 2 aromatic rings. The lowest BCUT2D eigenvalue weighted by molar-refractivity contribution is -0.0493. The second-order valence-corrected chi connectivity index (χ2v) is 3.79. The zero-order valence-electron chi connectivity index (χ0n) is 10.2. The van der Waals surface area contributed by atoms with Crippen molar-refractivity contribution in [1.82, 2.24) is 0 Å². The zero-order chi connectivity index (χ0) is 14.5. The summed E-state index contributed by atoms with van der Waals surface area (Å²) in [7, 11) is 0. The molecule has 7 heteroatoms. The molecule has 0 saturated heterocycles. The lowest BCUT2D eigenvalue weighted by Crippen LogP contribution is -2.08. The Balaban J connectivity index is 2.11. The molecule has 0 amide bonds. The van der Waals surface area contributed by atoms with Gasteiger partial charge in [0.05, 0.1) is 18.5 Å². The maximum atomic E-state index is 12.2. The van der Waals surface area contributed by atoms with Crippen LogP contribution in [0.4, 0.5) is 14.5 Å². The number of hydrogen-bond donors (Lipinski definition) is 2. The third-order valence-electron chi connectivity index (χ3n) is 2.52. The van der Waals surface area contributed by atoms with Crippen LogP contribution in [0.3, 0.4) is 0 Å². The number of hydrogen-bond acceptors (Lipinski definition) is 4. The number of halogens is 2. The summed E-state index contributed by atoms with van der Waals surface area (Å²) in [5.74, 6) is -0.942. The smallest absolute Gasteiger partial charge is 0.387 e. The van der Waals surface area contributed by atoms with Crippen LogP contribution in [0.25, 0.3) is 0 Å². The van der Waals surface area contributed by atoms with E-state index in [1.807, 2.05) is 0 Å². The summed E-state index contributed by atoms with van der Waals surface area (Å²) in [6, 6.07) is 7.44. The van der Waals surface area contributed by atoms with Gasteiger partial charge < -0.3 is 19.6 Å². The van der Waals surface area contributed by atoms with Crippen molar-refractivity contribution in [2.75, 3.05) is 5.32 Å². The molecule has 0 aliphatic carbocycles. The Morgan fingerprint density at radius 2 is 2.10 bits per heavy atom. The Morgan fingerprint density at radius 3 is 2.80 bits per heavy atom. The Kier molecular flexibility index (Phi) is 4.19. The molecule has 1 heterocycles. The van der Waals surface area contributed by atoms with Gasteiger partial charge in [-0.15, -0.1) is 0 Å². The number of anilines is 1. The second kappa shape index (κ2) is 6.05. The minimum Gasteiger partial charge on any atom is -0.478 e. The summed E-state index contributed by atoms with van der Waals surface area (Å²) in [6.45, 7) is -2.89. The van der Waals surface area contributed by atoms with E-state index in [1.54, 1.807) is 18.2 Å². The van der Waals surface area contributed by atoms with E-state index in [1.165, 1.54) is 18.4 Å². The first-order valence-corrected chi connectivity index (χ1v) is 5.65. The molecule has 0 fully saturated rings. The van der Waals surface area contributed by atoms with Crippen molar-refractivity contribution >= 4 is 11.7 Å². The quantitative estimate of drug-likeness (QED) is 0.851. The lowest BCUT2D eigenvalue weighted by Gasteiger charge is -2.11. The van der Waals surface area contributed by atoms with Gasteiger partial charge in [0, 0.05) is 0 Å². The van der Waals surface area contributed by atoms with Crippen molar-refractivity contribution in [1.29, 1.82) is 0 Å². The second-order valence-electron chi connectivity index (χ2n) is 3.79. The number of ether oxygens (including phenoxy) is 1. The Hall–Kier alpha value is -2.57. The number of carbonyl (C=O) groups is 1. The number of furan rings is 1. The number of carboxylic acid groups (broad SMARTS) is 1. The average molecular weight is 283 g/mol. The van der Waals surface area contributed by atoms with Crippen LogP contribution >= 0.6 is 0 Å². The highest BCUT2D eigenvalue weighted by Gasteiger charge is 2.14. The molecule has 0 unspecified atom stereocenters. The van der Waals surface area contributed by atoms with E-state index in [4.69, 9.17) is 9.52 Å². The van der Waals surface area contributed by atoms with E-state index in [2.05, 4.69) is 10.1 Å². The summed E-state index contributed by atoms with van der Waals surface area (Å²) >= 11 is 0. The number of alkyl halides is 2. The lowest BCUT2D eigenvalue weighted by atomic mass is 10.2. The van der Waals surface area contributed by atoms with Gasteiger partial charge in [0.2, 0.25) is 0 Å². The molecule has 2 N–H and O–H groups in total. The predicted octanol–water partition coefficient (Wildman–Crippen LogP) is 3.19. The van der Waals surface area contributed by atoms with Gasteiger partial charge in [0.15, 0.2) is 0 Å². The molecule has 5 nitrogen and oxygen atoms in total.